The van der Waals surface area contributed by atoms with Crippen LogP contribution in [0.15, 0.2) is 58.3 Å². The molecule has 0 spiro atoms. The Bertz CT molecular complexity index is 1230. The Morgan fingerprint density at radius 2 is 2.07 bits per heavy atom. The zero-order chi connectivity index (χ0) is 19.7. The Morgan fingerprint density at radius 1 is 1.25 bits per heavy atom. The van der Waals surface area contributed by atoms with Crippen LogP contribution in [-0.2, 0) is 6.67 Å². The predicted molar refractivity (Wildman–Crippen MR) is 106 cm³/mol. The summed E-state index contributed by atoms with van der Waals surface area (Å²) in [4.78, 5) is 30.3. The number of nitrogens with zero attached hydrogens (tertiary/aromatic N) is 4. The summed E-state index contributed by atoms with van der Waals surface area (Å²) in [6, 6.07) is 13.8. The first-order valence-corrected chi connectivity index (χ1v) is 9.26. The molecule has 2 heterocycles. The molecule has 142 valence electrons. The summed E-state index contributed by atoms with van der Waals surface area (Å²) in [6.45, 7) is 0.626. The lowest BCUT2D eigenvalue weighted by molar-refractivity contribution is -0.384. The van der Waals surface area contributed by atoms with Crippen molar-refractivity contribution < 1.29 is 9.66 Å². The van der Waals surface area contributed by atoms with Crippen molar-refractivity contribution in [2.45, 2.75) is 6.67 Å². The Labute approximate surface area is 163 Å². The fourth-order valence-electron chi connectivity index (χ4n) is 2.96. The molecule has 0 radical (unpaired) electrons. The van der Waals surface area contributed by atoms with Gasteiger partial charge in [0.2, 0.25) is 0 Å². The zero-order valence-corrected chi connectivity index (χ0v) is 15.8. The van der Waals surface area contributed by atoms with Crippen molar-refractivity contribution in [2.24, 2.45) is 4.99 Å². The van der Waals surface area contributed by atoms with Crippen molar-refractivity contribution in [2.75, 3.05) is 18.7 Å². The molecule has 0 saturated heterocycles. The van der Waals surface area contributed by atoms with E-state index in [-0.39, 0.29) is 11.2 Å². The van der Waals surface area contributed by atoms with Crippen molar-refractivity contribution in [1.82, 2.24) is 4.57 Å². The number of ether oxygens (including phenoxy) is 1. The van der Waals surface area contributed by atoms with Crippen LogP contribution < -0.4 is 24.5 Å². The topological polar surface area (TPSA) is 90.0 Å². The normalized spacial score (nSPS) is 13.8. The maximum Gasteiger partial charge on any atom is 0.271 e. The first-order valence-electron chi connectivity index (χ1n) is 8.44. The van der Waals surface area contributed by atoms with E-state index in [1.54, 1.807) is 23.8 Å². The molecule has 0 aliphatic carbocycles. The molecule has 0 amide bonds. The highest BCUT2D eigenvalue weighted by Crippen LogP contribution is 2.22. The van der Waals surface area contributed by atoms with Gasteiger partial charge in [-0.2, -0.15) is 0 Å². The fraction of sp³-hybridized carbons (Fsp3) is 0.158. The highest BCUT2D eigenvalue weighted by Gasteiger charge is 2.17. The molecule has 0 bridgehead atoms. The van der Waals surface area contributed by atoms with Crippen LogP contribution in [0.1, 0.15) is 5.56 Å². The molecule has 0 unspecified atom stereocenters. The standard InChI is InChI=1S/C19H16N4O4S/c1-27-16-7-2-4-13(8-16)9-17-18(24)22-12-21(11-20-19(22)28-17)14-5-3-6-15(10-14)23(25)26/h2-10H,11-12H2,1H3. The number of methoxy groups -OCH3 is 1. The Balaban J connectivity index is 1.69. The van der Waals surface area contributed by atoms with E-state index in [1.165, 1.54) is 23.5 Å². The molecule has 1 aliphatic rings. The summed E-state index contributed by atoms with van der Waals surface area (Å²) in [5, 5.41) is 11.0. The summed E-state index contributed by atoms with van der Waals surface area (Å²) in [5.41, 5.74) is 1.39. The third-order valence-corrected chi connectivity index (χ3v) is 5.42. The van der Waals surface area contributed by atoms with E-state index >= 15 is 0 Å². The number of thiazole rings is 1. The van der Waals surface area contributed by atoms with Crippen LogP contribution in [-0.4, -0.2) is 23.3 Å². The van der Waals surface area contributed by atoms with E-state index in [9.17, 15) is 14.9 Å². The second-order valence-electron chi connectivity index (χ2n) is 6.16. The molecule has 1 aromatic heterocycles. The average Bonchev–Trinajstić information content (AvgIpc) is 3.03. The van der Waals surface area contributed by atoms with Gasteiger partial charge in [0.1, 0.15) is 19.1 Å². The van der Waals surface area contributed by atoms with Gasteiger partial charge in [0.25, 0.3) is 11.2 Å². The second kappa shape index (κ2) is 7.28. The van der Waals surface area contributed by atoms with Gasteiger partial charge in [-0.3, -0.25) is 19.5 Å². The highest BCUT2D eigenvalue weighted by atomic mass is 32.1. The fourth-order valence-corrected chi connectivity index (χ4v) is 3.92. The van der Waals surface area contributed by atoms with Crippen LogP contribution >= 0.6 is 11.3 Å². The number of hydrogen-bond acceptors (Lipinski definition) is 7. The predicted octanol–water partition coefficient (Wildman–Crippen LogP) is 1.71. The molecule has 8 nitrogen and oxygen atoms in total. The number of fused-ring (bicyclic) bond motifs is 1. The molecule has 1 aliphatic heterocycles. The molecule has 2 aromatic carbocycles. The van der Waals surface area contributed by atoms with E-state index in [4.69, 9.17) is 4.74 Å². The molecule has 4 rings (SSSR count). The van der Waals surface area contributed by atoms with Crippen molar-refractivity contribution in [1.29, 1.82) is 0 Å². The second-order valence-corrected chi connectivity index (χ2v) is 7.17. The van der Waals surface area contributed by atoms with Crippen LogP contribution in [0, 0.1) is 10.1 Å². The van der Waals surface area contributed by atoms with Gasteiger partial charge in [0.05, 0.1) is 16.6 Å². The lowest BCUT2D eigenvalue weighted by Gasteiger charge is -2.25. The number of hydrogen-bond donors (Lipinski definition) is 0. The van der Waals surface area contributed by atoms with Gasteiger partial charge in [-0.05, 0) is 29.8 Å². The summed E-state index contributed by atoms with van der Waals surface area (Å²) in [5.74, 6) is 0.719. The smallest absolute Gasteiger partial charge is 0.271 e. The van der Waals surface area contributed by atoms with E-state index in [2.05, 4.69) is 4.99 Å². The first kappa shape index (κ1) is 17.9. The van der Waals surface area contributed by atoms with E-state index in [0.717, 1.165) is 11.3 Å². The minimum atomic E-state index is -0.437. The lowest BCUT2D eigenvalue weighted by Crippen LogP contribution is -2.42. The van der Waals surface area contributed by atoms with E-state index in [1.807, 2.05) is 35.2 Å². The van der Waals surface area contributed by atoms with Crippen LogP contribution in [0.3, 0.4) is 0 Å². The zero-order valence-electron chi connectivity index (χ0n) is 14.9. The summed E-state index contributed by atoms with van der Waals surface area (Å²) < 4.78 is 7.38. The molecule has 0 N–H and O–H groups in total. The molecule has 0 fully saturated rings. The van der Waals surface area contributed by atoms with Crippen molar-refractivity contribution >= 4 is 28.8 Å². The highest BCUT2D eigenvalue weighted by molar-refractivity contribution is 7.07. The number of benzene rings is 2. The van der Waals surface area contributed by atoms with Crippen LogP contribution in [0.4, 0.5) is 11.4 Å². The van der Waals surface area contributed by atoms with Crippen LogP contribution in [0.25, 0.3) is 6.08 Å². The molecule has 0 atom stereocenters. The molecule has 0 saturated carbocycles. The summed E-state index contributed by atoms with van der Waals surface area (Å²) in [6.07, 6.45) is 1.81. The Kier molecular flexibility index (Phi) is 4.66. The van der Waals surface area contributed by atoms with Gasteiger partial charge >= 0.3 is 0 Å². The summed E-state index contributed by atoms with van der Waals surface area (Å²) >= 11 is 1.33. The van der Waals surface area contributed by atoms with Gasteiger partial charge in [0, 0.05) is 17.8 Å². The average molecular weight is 396 g/mol. The van der Waals surface area contributed by atoms with Crippen LogP contribution in [0.5, 0.6) is 5.75 Å². The van der Waals surface area contributed by atoms with Crippen molar-refractivity contribution in [3.63, 3.8) is 0 Å². The minimum absolute atomic E-state index is 0.00742. The lowest BCUT2D eigenvalue weighted by atomic mass is 10.2. The molecule has 28 heavy (non-hydrogen) atoms. The number of nitro benzene ring substituents is 1. The molecular weight excluding hydrogens is 380 g/mol. The number of non-ortho nitro benzene ring substituents is 1. The molecular formula is C19H16N4O4S. The van der Waals surface area contributed by atoms with Gasteiger partial charge in [-0.25, -0.2) is 4.99 Å². The molecule has 3 aromatic rings. The summed E-state index contributed by atoms with van der Waals surface area (Å²) in [7, 11) is 1.60. The largest absolute Gasteiger partial charge is 0.497 e. The van der Waals surface area contributed by atoms with Crippen LogP contribution in [0.2, 0.25) is 0 Å². The van der Waals surface area contributed by atoms with Gasteiger partial charge in [-0.1, -0.05) is 29.5 Å². The van der Waals surface area contributed by atoms with Gasteiger partial charge in [0.15, 0.2) is 4.80 Å². The third-order valence-electron chi connectivity index (χ3n) is 4.37. The van der Waals surface area contributed by atoms with E-state index < -0.39 is 4.92 Å². The number of aromatic nitrogens is 1. The minimum Gasteiger partial charge on any atom is -0.497 e. The maximum absolute atomic E-state index is 12.8. The monoisotopic (exact) mass is 396 g/mol. The SMILES string of the molecule is COc1cccc(C=c2sc3n(c2=O)CN(c2cccc([N+](=O)[O-])c2)CN=3)c1. The van der Waals surface area contributed by atoms with Gasteiger partial charge < -0.3 is 9.64 Å². The van der Waals surface area contributed by atoms with Crippen molar-refractivity contribution in [3.05, 3.63) is 83.9 Å². The first-order chi connectivity index (χ1) is 13.5. The number of anilines is 1. The van der Waals surface area contributed by atoms with Crippen molar-refractivity contribution in [3.8, 4) is 5.75 Å². The Morgan fingerprint density at radius 3 is 2.86 bits per heavy atom. The van der Waals surface area contributed by atoms with Gasteiger partial charge in [-0.15, -0.1) is 0 Å². The molecule has 9 heteroatoms. The quantitative estimate of drug-likeness (QED) is 0.495. The number of nitro groups is 1. The third kappa shape index (κ3) is 3.39. The maximum atomic E-state index is 12.8. The number of rotatable bonds is 4. The van der Waals surface area contributed by atoms with E-state index in [0.29, 0.717) is 28.4 Å². The Hall–Kier alpha value is -3.46.